The number of aliphatic imine (C=N–C) groups is 1. The highest BCUT2D eigenvalue weighted by Gasteiger charge is 2.29. The number of amides is 1. The second-order valence-corrected chi connectivity index (χ2v) is 6.18. The van der Waals surface area contributed by atoms with E-state index < -0.39 is 0 Å². The Hall–Kier alpha value is -1.79. The highest BCUT2D eigenvalue weighted by Crippen LogP contribution is 2.31. The molecule has 5 nitrogen and oxygen atoms in total. The van der Waals surface area contributed by atoms with Crippen molar-refractivity contribution >= 4 is 34.6 Å². The Kier molecular flexibility index (Phi) is 4.49. The Balaban J connectivity index is 1.76. The van der Waals surface area contributed by atoms with Crippen molar-refractivity contribution in [3.05, 3.63) is 34.7 Å². The lowest BCUT2D eigenvalue weighted by molar-refractivity contribution is -0.121. The number of amidine groups is 1. The maximum Gasteiger partial charge on any atom is 0.266 e. The van der Waals surface area contributed by atoms with E-state index in [2.05, 4.69) is 22.0 Å². The Morgan fingerprint density at radius 2 is 1.91 bits per heavy atom. The summed E-state index contributed by atoms with van der Waals surface area (Å²) in [6.07, 6.45) is 1.92. The van der Waals surface area contributed by atoms with Gasteiger partial charge in [0.2, 0.25) is 0 Å². The normalized spacial score (nSPS) is 22.9. The summed E-state index contributed by atoms with van der Waals surface area (Å²) >= 11 is 1.41. The molecule has 0 saturated carbocycles. The van der Waals surface area contributed by atoms with Gasteiger partial charge in [-0.05, 0) is 35.5 Å². The van der Waals surface area contributed by atoms with Crippen molar-refractivity contribution in [2.75, 3.05) is 45.3 Å². The van der Waals surface area contributed by atoms with E-state index >= 15 is 0 Å². The highest BCUT2D eigenvalue weighted by molar-refractivity contribution is 8.18. The number of anilines is 1. The Bertz CT molecular complexity index is 619. The van der Waals surface area contributed by atoms with Crippen molar-refractivity contribution in [1.82, 2.24) is 4.90 Å². The summed E-state index contributed by atoms with van der Waals surface area (Å²) in [6.45, 7) is 3.41. The molecular weight excluding hydrogens is 298 g/mol. The van der Waals surface area contributed by atoms with E-state index in [9.17, 15) is 4.79 Å². The van der Waals surface area contributed by atoms with Crippen molar-refractivity contribution < 1.29 is 9.53 Å². The highest BCUT2D eigenvalue weighted by atomic mass is 32.2. The lowest BCUT2D eigenvalue weighted by atomic mass is 10.1. The smallest absolute Gasteiger partial charge is 0.266 e. The number of ether oxygens (including phenoxy) is 1. The molecule has 0 unspecified atom stereocenters. The summed E-state index contributed by atoms with van der Waals surface area (Å²) in [7, 11) is 3.45. The number of thioether (sulfide) groups is 1. The molecule has 22 heavy (non-hydrogen) atoms. The van der Waals surface area contributed by atoms with Crippen LogP contribution in [0.25, 0.3) is 6.08 Å². The van der Waals surface area contributed by atoms with Crippen molar-refractivity contribution in [3.8, 4) is 0 Å². The molecule has 0 radical (unpaired) electrons. The van der Waals surface area contributed by atoms with E-state index in [1.54, 1.807) is 19.0 Å². The SMILES string of the molecule is CN=C1S/C(=C\c2ccc(N3CCOCC3)cc2)C(=O)N1C. The zero-order valence-electron chi connectivity index (χ0n) is 12.8. The zero-order valence-corrected chi connectivity index (χ0v) is 13.6. The van der Waals surface area contributed by atoms with Gasteiger partial charge in [0, 0.05) is 32.9 Å². The molecule has 1 aromatic rings. The Morgan fingerprint density at radius 3 is 2.50 bits per heavy atom. The largest absolute Gasteiger partial charge is 0.378 e. The summed E-state index contributed by atoms with van der Waals surface area (Å²) in [5.41, 5.74) is 2.22. The molecule has 2 heterocycles. The summed E-state index contributed by atoms with van der Waals surface area (Å²) in [5.74, 6) is 0.00264. The van der Waals surface area contributed by atoms with Crippen molar-refractivity contribution in [2.24, 2.45) is 4.99 Å². The topological polar surface area (TPSA) is 45.1 Å². The molecule has 0 bridgehead atoms. The molecule has 6 heteroatoms. The molecule has 2 aliphatic heterocycles. The van der Waals surface area contributed by atoms with Gasteiger partial charge in [0.1, 0.15) is 0 Å². The molecule has 0 N–H and O–H groups in total. The van der Waals surface area contributed by atoms with E-state index in [1.807, 2.05) is 18.2 Å². The fraction of sp³-hybridized carbons (Fsp3) is 0.375. The molecule has 0 aliphatic carbocycles. The van der Waals surface area contributed by atoms with Gasteiger partial charge in [-0.25, -0.2) is 0 Å². The molecule has 0 aromatic heterocycles. The van der Waals surface area contributed by atoms with Crippen molar-refractivity contribution in [1.29, 1.82) is 0 Å². The lowest BCUT2D eigenvalue weighted by Gasteiger charge is -2.28. The molecule has 2 saturated heterocycles. The summed E-state index contributed by atoms with van der Waals surface area (Å²) < 4.78 is 5.37. The van der Waals surface area contributed by atoms with Crippen LogP contribution in [0.3, 0.4) is 0 Å². The van der Waals surface area contributed by atoms with Crippen LogP contribution in [0.2, 0.25) is 0 Å². The van der Waals surface area contributed by atoms with E-state index in [0.717, 1.165) is 37.0 Å². The molecular formula is C16H19N3O2S. The first-order valence-corrected chi connectivity index (χ1v) is 8.08. The third kappa shape index (κ3) is 3.03. The van der Waals surface area contributed by atoms with Crippen LogP contribution >= 0.6 is 11.8 Å². The minimum Gasteiger partial charge on any atom is -0.378 e. The predicted molar refractivity (Wildman–Crippen MR) is 91.2 cm³/mol. The van der Waals surface area contributed by atoms with Gasteiger partial charge in [0.05, 0.1) is 18.1 Å². The van der Waals surface area contributed by atoms with Crippen LogP contribution in [0.5, 0.6) is 0 Å². The molecule has 1 aromatic carbocycles. The number of hydrogen-bond acceptors (Lipinski definition) is 5. The van der Waals surface area contributed by atoms with Gasteiger partial charge in [-0.1, -0.05) is 12.1 Å². The maximum absolute atomic E-state index is 12.1. The molecule has 3 rings (SSSR count). The minimum atomic E-state index is 0.00264. The van der Waals surface area contributed by atoms with Gasteiger partial charge >= 0.3 is 0 Å². The molecule has 116 valence electrons. The van der Waals surface area contributed by atoms with Gasteiger partial charge in [-0.15, -0.1) is 0 Å². The molecule has 2 aliphatic rings. The van der Waals surface area contributed by atoms with E-state index in [1.165, 1.54) is 17.4 Å². The lowest BCUT2D eigenvalue weighted by Crippen LogP contribution is -2.36. The van der Waals surface area contributed by atoms with Crippen molar-refractivity contribution in [2.45, 2.75) is 0 Å². The second-order valence-electron chi connectivity index (χ2n) is 5.17. The Morgan fingerprint density at radius 1 is 1.23 bits per heavy atom. The fourth-order valence-electron chi connectivity index (χ4n) is 2.50. The van der Waals surface area contributed by atoms with Gasteiger partial charge in [0.15, 0.2) is 5.17 Å². The fourth-order valence-corrected chi connectivity index (χ4v) is 3.43. The quantitative estimate of drug-likeness (QED) is 0.783. The number of rotatable bonds is 2. The standard InChI is InChI=1S/C16H19N3O2S/c1-17-16-18(2)15(20)14(22-16)11-12-3-5-13(6-4-12)19-7-9-21-10-8-19/h3-6,11H,7-10H2,1-2H3/b14-11-,17-16?. The number of benzene rings is 1. The third-order valence-electron chi connectivity index (χ3n) is 3.76. The number of hydrogen-bond donors (Lipinski definition) is 0. The number of carbonyl (C=O) groups is 1. The molecule has 2 fully saturated rings. The zero-order chi connectivity index (χ0) is 15.5. The Labute approximate surface area is 134 Å². The monoisotopic (exact) mass is 317 g/mol. The summed E-state index contributed by atoms with van der Waals surface area (Å²) in [6, 6.07) is 8.29. The van der Waals surface area contributed by atoms with Crippen LogP contribution in [-0.2, 0) is 9.53 Å². The average Bonchev–Trinajstić information content (AvgIpc) is 2.84. The van der Waals surface area contributed by atoms with E-state index in [-0.39, 0.29) is 5.91 Å². The maximum atomic E-state index is 12.1. The first kappa shape index (κ1) is 15.1. The van der Waals surface area contributed by atoms with Crippen LogP contribution in [0, 0.1) is 0 Å². The van der Waals surface area contributed by atoms with Crippen LogP contribution in [0.1, 0.15) is 5.56 Å². The number of nitrogens with zero attached hydrogens (tertiary/aromatic N) is 3. The number of carbonyl (C=O) groups excluding carboxylic acids is 1. The van der Waals surface area contributed by atoms with Crippen LogP contribution in [0.4, 0.5) is 5.69 Å². The average molecular weight is 317 g/mol. The van der Waals surface area contributed by atoms with Gasteiger partial charge in [-0.2, -0.15) is 0 Å². The molecule has 1 amide bonds. The minimum absolute atomic E-state index is 0.00264. The van der Waals surface area contributed by atoms with E-state index in [4.69, 9.17) is 4.74 Å². The van der Waals surface area contributed by atoms with Gasteiger partial charge in [-0.3, -0.25) is 14.7 Å². The van der Waals surface area contributed by atoms with Gasteiger partial charge < -0.3 is 9.64 Å². The number of likely N-dealkylation sites (N-methyl/N-ethyl adjacent to an activating group) is 1. The molecule has 0 spiro atoms. The molecule has 0 atom stereocenters. The van der Waals surface area contributed by atoms with Crippen LogP contribution < -0.4 is 4.90 Å². The first-order valence-electron chi connectivity index (χ1n) is 7.26. The second kappa shape index (κ2) is 6.54. The third-order valence-corrected chi connectivity index (χ3v) is 4.91. The van der Waals surface area contributed by atoms with Crippen molar-refractivity contribution in [3.63, 3.8) is 0 Å². The summed E-state index contributed by atoms with van der Waals surface area (Å²) in [4.78, 5) is 20.8. The van der Waals surface area contributed by atoms with Gasteiger partial charge in [0.25, 0.3) is 5.91 Å². The summed E-state index contributed by atoms with van der Waals surface area (Å²) in [5, 5.41) is 0.737. The van der Waals surface area contributed by atoms with Crippen LogP contribution in [0.15, 0.2) is 34.2 Å². The number of morpholine rings is 1. The predicted octanol–water partition coefficient (Wildman–Crippen LogP) is 2.06. The van der Waals surface area contributed by atoms with Crippen LogP contribution in [-0.4, -0.2) is 56.4 Å². The van der Waals surface area contributed by atoms with E-state index in [0.29, 0.717) is 4.91 Å². The first-order chi connectivity index (χ1) is 10.7.